The minimum Gasteiger partial charge on any atom is -0.261 e. The molecule has 0 N–H and O–H groups in total. The Morgan fingerprint density at radius 3 is 2.67 bits per heavy atom. The first kappa shape index (κ1) is 9.03. The number of hydrogen-bond donors (Lipinski definition) is 0. The van der Waals surface area contributed by atoms with E-state index >= 15 is 0 Å². The van der Waals surface area contributed by atoms with Crippen molar-refractivity contribution < 1.29 is 13.2 Å². The van der Waals surface area contributed by atoms with Gasteiger partial charge in [-0.2, -0.15) is 0 Å². The summed E-state index contributed by atoms with van der Waals surface area (Å²) in [5, 5.41) is 0. The summed E-state index contributed by atoms with van der Waals surface area (Å²) in [5.41, 5.74) is 0.183. The predicted molar refractivity (Wildman–Crippen MR) is 38.7 cm³/mol. The summed E-state index contributed by atoms with van der Waals surface area (Å²) in [7, 11) is 0. The van der Waals surface area contributed by atoms with E-state index in [0.717, 1.165) is 6.20 Å². The Bertz CT molecular complexity index is 273. The molecule has 1 nitrogen and oxygen atoms in total. The molecule has 0 amide bonds. The Morgan fingerprint density at radius 2 is 2.17 bits per heavy atom. The number of hydrogen-bond acceptors (Lipinski definition) is 1. The highest BCUT2D eigenvalue weighted by molar-refractivity contribution is 5.26. The zero-order chi connectivity index (χ0) is 9.14. The van der Waals surface area contributed by atoms with Gasteiger partial charge in [-0.25, -0.2) is 13.2 Å². The van der Waals surface area contributed by atoms with Crippen molar-refractivity contribution in [2.24, 2.45) is 0 Å². The zero-order valence-corrected chi connectivity index (χ0v) is 6.52. The highest BCUT2D eigenvalue weighted by Crippen LogP contribution is 2.23. The Hall–Kier alpha value is -1.06. The van der Waals surface area contributed by atoms with Crippen molar-refractivity contribution in [3.05, 3.63) is 29.1 Å². The van der Waals surface area contributed by atoms with Gasteiger partial charge in [-0.3, -0.25) is 4.98 Å². The van der Waals surface area contributed by atoms with Gasteiger partial charge in [-0.05, 0) is 13.0 Å². The van der Waals surface area contributed by atoms with Crippen LogP contribution in [0, 0.1) is 6.92 Å². The smallest absolute Gasteiger partial charge is 0.261 e. The molecule has 0 bridgehead atoms. The summed E-state index contributed by atoms with van der Waals surface area (Å²) in [5.74, 6) is 0. The third-order valence-electron chi connectivity index (χ3n) is 1.54. The van der Waals surface area contributed by atoms with E-state index in [1.54, 1.807) is 6.92 Å². The molecule has 0 aliphatic heterocycles. The highest BCUT2D eigenvalue weighted by Gasteiger charge is 2.12. The summed E-state index contributed by atoms with van der Waals surface area (Å²) in [6.45, 7) is 0.695. The van der Waals surface area contributed by atoms with Crippen LogP contribution in [0.2, 0.25) is 0 Å². The van der Waals surface area contributed by atoms with Gasteiger partial charge in [0.15, 0.2) is 0 Å². The van der Waals surface area contributed by atoms with E-state index in [4.69, 9.17) is 0 Å². The molecular formula is C8H8F3N. The molecule has 12 heavy (non-hydrogen) atoms. The number of pyridine rings is 1. The topological polar surface area (TPSA) is 12.9 Å². The zero-order valence-electron chi connectivity index (χ0n) is 6.52. The van der Waals surface area contributed by atoms with Crippen molar-refractivity contribution in [3.63, 3.8) is 0 Å². The van der Waals surface area contributed by atoms with E-state index in [2.05, 4.69) is 4.98 Å². The molecule has 0 spiro atoms. The lowest BCUT2D eigenvalue weighted by Gasteiger charge is -2.05. The van der Waals surface area contributed by atoms with Crippen LogP contribution in [0.25, 0.3) is 0 Å². The Balaban J connectivity index is 3.12. The molecule has 4 heteroatoms. The second-order valence-electron chi connectivity index (χ2n) is 2.46. The monoisotopic (exact) mass is 175 g/mol. The van der Waals surface area contributed by atoms with Crippen molar-refractivity contribution >= 4 is 0 Å². The normalized spacial score (nSPS) is 10.8. The molecular weight excluding hydrogens is 167 g/mol. The van der Waals surface area contributed by atoms with Crippen LogP contribution in [0.5, 0.6) is 0 Å². The number of nitrogens with zero attached hydrogens (tertiary/aromatic N) is 1. The van der Waals surface area contributed by atoms with Crippen molar-refractivity contribution in [2.75, 3.05) is 0 Å². The maximum Gasteiger partial charge on any atom is 0.264 e. The lowest BCUT2D eigenvalue weighted by Crippen LogP contribution is -1.95. The predicted octanol–water partition coefficient (Wildman–Crippen LogP) is 2.80. The maximum atomic E-state index is 12.2. The molecule has 1 aromatic heterocycles. The molecule has 1 aromatic rings. The van der Waals surface area contributed by atoms with E-state index < -0.39 is 13.1 Å². The fourth-order valence-corrected chi connectivity index (χ4v) is 0.924. The van der Waals surface area contributed by atoms with Crippen molar-refractivity contribution in [3.8, 4) is 0 Å². The van der Waals surface area contributed by atoms with E-state index in [1.807, 2.05) is 0 Å². The third-order valence-corrected chi connectivity index (χ3v) is 1.54. The number of alkyl halides is 3. The third kappa shape index (κ3) is 1.75. The SMILES string of the molecule is Cc1cc(C(F)F)c(CF)cn1. The van der Waals surface area contributed by atoms with Gasteiger partial charge in [0.2, 0.25) is 0 Å². The number of aromatic nitrogens is 1. The standard InChI is InChI=1S/C8H8F3N/c1-5-2-7(8(10)11)6(3-9)4-12-5/h2,4,8H,3H2,1H3. The first-order valence-corrected chi connectivity index (χ1v) is 3.44. The number of halogens is 3. The maximum absolute atomic E-state index is 12.2. The molecule has 0 unspecified atom stereocenters. The summed E-state index contributed by atoms with van der Waals surface area (Å²) < 4.78 is 36.5. The minimum atomic E-state index is -2.63. The van der Waals surface area contributed by atoms with E-state index in [0.29, 0.717) is 5.69 Å². The van der Waals surface area contributed by atoms with Crippen LogP contribution >= 0.6 is 0 Å². The van der Waals surface area contributed by atoms with Crippen molar-refractivity contribution in [2.45, 2.75) is 20.0 Å². The average molecular weight is 175 g/mol. The molecule has 0 aliphatic rings. The van der Waals surface area contributed by atoms with Crippen LogP contribution in [0.4, 0.5) is 13.2 Å². The molecule has 0 saturated heterocycles. The molecule has 0 fully saturated rings. The Morgan fingerprint density at radius 1 is 1.50 bits per heavy atom. The van der Waals surface area contributed by atoms with E-state index in [1.165, 1.54) is 6.07 Å². The first-order valence-electron chi connectivity index (χ1n) is 3.44. The van der Waals surface area contributed by atoms with Crippen LogP contribution in [0.15, 0.2) is 12.3 Å². The van der Waals surface area contributed by atoms with Gasteiger partial charge in [0.1, 0.15) is 6.67 Å². The summed E-state index contributed by atoms with van der Waals surface area (Å²) in [6, 6.07) is 1.21. The summed E-state index contributed by atoms with van der Waals surface area (Å²) >= 11 is 0. The van der Waals surface area contributed by atoms with Crippen molar-refractivity contribution in [1.29, 1.82) is 0 Å². The minimum absolute atomic E-state index is 0.0319. The Kier molecular flexibility index (Phi) is 2.68. The lowest BCUT2D eigenvalue weighted by molar-refractivity contribution is 0.149. The van der Waals surface area contributed by atoms with Crippen LogP contribution in [0.3, 0.4) is 0 Å². The molecule has 0 aromatic carbocycles. The summed E-state index contributed by atoms with van der Waals surface area (Å²) in [4.78, 5) is 3.72. The van der Waals surface area contributed by atoms with Gasteiger partial charge in [-0.15, -0.1) is 0 Å². The molecule has 1 rings (SSSR count). The van der Waals surface area contributed by atoms with Gasteiger partial charge >= 0.3 is 0 Å². The van der Waals surface area contributed by atoms with Crippen LogP contribution in [-0.2, 0) is 6.67 Å². The van der Waals surface area contributed by atoms with Gasteiger partial charge in [-0.1, -0.05) is 0 Å². The number of rotatable bonds is 2. The molecule has 1 heterocycles. The second-order valence-corrected chi connectivity index (χ2v) is 2.46. The Labute approximate surface area is 68.2 Å². The second kappa shape index (κ2) is 3.56. The average Bonchev–Trinajstić information content (AvgIpc) is 2.04. The largest absolute Gasteiger partial charge is 0.264 e. The van der Waals surface area contributed by atoms with Gasteiger partial charge in [0, 0.05) is 23.0 Å². The van der Waals surface area contributed by atoms with Crippen LogP contribution in [-0.4, -0.2) is 4.98 Å². The van der Waals surface area contributed by atoms with E-state index in [-0.39, 0.29) is 11.1 Å². The highest BCUT2D eigenvalue weighted by atomic mass is 19.3. The fraction of sp³-hybridized carbons (Fsp3) is 0.375. The van der Waals surface area contributed by atoms with Gasteiger partial charge < -0.3 is 0 Å². The quantitative estimate of drug-likeness (QED) is 0.673. The van der Waals surface area contributed by atoms with Gasteiger partial charge in [0.05, 0.1) is 0 Å². The molecule has 0 radical (unpaired) electrons. The fourth-order valence-electron chi connectivity index (χ4n) is 0.924. The van der Waals surface area contributed by atoms with Crippen LogP contribution < -0.4 is 0 Å². The number of aryl methyl sites for hydroxylation is 1. The van der Waals surface area contributed by atoms with Crippen LogP contribution in [0.1, 0.15) is 23.2 Å². The van der Waals surface area contributed by atoms with E-state index in [9.17, 15) is 13.2 Å². The van der Waals surface area contributed by atoms with Crippen molar-refractivity contribution in [1.82, 2.24) is 4.98 Å². The molecule has 0 atom stereocenters. The van der Waals surface area contributed by atoms with Gasteiger partial charge in [0.25, 0.3) is 6.43 Å². The lowest BCUT2D eigenvalue weighted by atomic mass is 10.1. The molecule has 0 aliphatic carbocycles. The summed E-state index contributed by atoms with van der Waals surface area (Å²) in [6.07, 6.45) is -1.48. The first-order chi connectivity index (χ1) is 5.65. The molecule has 66 valence electrons. The molecule has 0 saturated carbocycles.